The molecule has 0 saturated carbocycles. The molecule has 1 amide bonds. The first-order valence-corrected chi connectivity index (χ1v) is 11.8. The van der Waals surface area contributed by atoms with Crippen molar-refractivity contribution in [3.8, 4) is 11.3 Å². The van der Waals surface area contributed by atoms with Crippen molar-refractivity contribution in [3.05, 3.63) is 62.1 Å². The van der Waals surface area contributed by atoms with Gasteiger partial charge in [0.2, 0.25) is 0 Å². The number of hydrogen-bond donors (Lipinski definition) is 1. The molecule has 1 aliphatic rings. The molecule has 31 heavy (non-hydrogen) atoms. The maximum absolute atomic E-state index is 13.1. The predicted molar refractivity (Wildman–Crippen MR) is 122 cm³/mol. The number of fused-ring (bicyclic) bond motifs is 2. The summed E-state index contributed by atoms with van der Waals surface area (Å²) >= 11 is 2.55. The number of halogens is 1. The molecule has 0 atom stereocenters. The molecule has 5 rings (SSSR count). The zero-order valence-corrected chi connectivity index (χ0v) is 18.4. The molecule has 4 heterocycles. The van der Waals surface area contributed by atoms with Crippen molar-refractivity contribution in [2.24, 2.45) is 0 Å². The lowest BCUT2D eigenvalue weighted by molar-refractivity contribution is 0.103. The molecular formula is C22H19FN4O2S2. The third kappa shape index (κ3) is 3.68. The minimum absolute atomic E-state index is 0.0532. The van der Waals surface area contributed by atoms with Gasteiger partial charge in [0.1, 0.15) is 16.5 Å². The van der Waals surface area contributed by atoms with Crippen LogP contribution in [0.1, 0.15) is 40.3 Å². The topological polar surface area (TPSA) is 76.9 Å². The number of nitrogens with zero attached hydrogens (tertiary/aromatic N) is 3. The van der Waals surface area contributed by atoms with Crippen LogP contribution in [-0.2, 0) is 13.0 Å². The van der Waals surface area contributed by atoms with Gasteiger partial charge in [-0.05, 0) is 49.6 Å². The third-order valence-electron chi connectivity index (χ3n) is 5.48. The van der Waals surface area contributed by atoms with Gasteiger partial charge in [-0.2, -0.15) is 0 Å². The number of thiophene rings is 1. The van der Waals surface area contributed by atoms with Crippen LogP contribution in [0.25, 0.3) is 21.5 Å². The summed E-state index contributed by atoms with van der Waals surface area (Å²) in [5, 5.41) is 5.62. The third-order valence-corrected chi connectivity index (χ3v) is 7.42. The normalized spacial score (nSPS) is 13.7. The number of hydrogen-bond acceptors (Lipinski definition) is 6. The van der Waals surface area contributed by atoms with Gasteiger partial charge in [-0.25, -0.2) is 14.4 Å². The molecule has 0 unspecified atom stereocenters. The summed E-state index contributed by atoms with van der Waals surface area (Å²) in [6.07, 6.45) is 3.87. The van der Waals surface area contributed by atoms with Crippen LogP contribution < -0.4 is 10.9 Å². The van der Waals surface area contributed by atoms with Crippen molar-refractivity contribution in [3.63, 3.8) is 0 Å². The fourth-order valence-electron chi connectivity index (χ4n) is 3.86. The van der Waals surface area contributed by atoms with E-state index in [-0.39, 0.29) is 17.3 Å². The van der Waals surface area contributed by atoms with Gasteiger partial charge >= 0.3 is 0 Å². The molecule has 3 aromatic heterocycles. The summed E-state index contributed by atoms with van der Waals surface area (Å²) in [7, 11) is 0. The minimum atomic E-state index is -0.311. The number of benzene rings is 1. The van der Waals surface area contributed by atoms with Crippen LogP contribution in [0.5, 0.6) is 0 Å². The van der Waals surface area contributed by atoms with Crippen molar-refractivity contribution in [1.82, 2.24) is 14.5 Å². The molecular weight excluding hydrogens is 435 g/mol. The van der Waals surface area contributed by atoms with Crippen molar-refractivity contribution < 1.29 is 9.18 Å². The van der Waals surface area contributed by atoms with Gasteiger partial charge in [0.25, 0.3) is 11.5 Å². The quantitative estimate of drug-likeness (QED) is 0.472. The van der Waals surface area contributed by atoms with Crippen LogP contribution in [0.4, 0.5) is 9.52 Å². The smallest absolute Gasteiger partial charge is 0.267 e. The number of anilines is 1. The summed E-state index contributed by atoms with van der Waals surface area (Å²) in [6.45, 7) is 2.48. The van der Waals surface area contributed by atoms with Crippen LogP contribution in [0.2, 0.25) is 0 Å². The predicted octanol–water partition coefficient (Wildman–Crippen LogP) is 5.01. The molecule has 0 spiro atoms. The van der Waals surface area contributed by atoms with Crippen LogP contribution >= 0.6 is 22.7 Å². The first-order chi connectivity index (χ1) is 15.0. The summed E-state index contributed by atoms with van der Waals surface area (Å²) in [5.74, 6) is 0.196. The molecule has 1 aliphatic heterocycles. The second kappa shape index (κ2) is 7.97. The first-order valence-electron chi connectivity index (χ1n) is 10.1. The van der Waals surface area contributed by atoms with Gasteiger partial charge in [-0.1, -0.05) is 6.42 Å². The van der Waals surface area contributed by atoms with E-state index in [0.717, 1.165) is 37.1 Å². The number of rotatable bonds is 3. The van der Waals surface area contributed by atoms with Gasteiger partial charge in [0, 0.05) is 23.9 Å². The number of aryl methyl sites for hydroxylation is 2. The van der Waals surface area contributed by atoms with Gasteiger partial charge < -0.3 is 0 Å². The molecule has 1 N–H and O–H groups in total. The number of amides is 1. The maximum atomic E-state index is 13.1. The second-order valence-corrected chi connectivity index (χ2v) is 9.39. The monoisotopic (exact) mass is 454 g/mol. The Bertz CT molecular complexity index is 1350. The Morgan fingerprint density at radius 2 is 1.97 bits per heavy atom. The lowest BCUT2D eigenvalue weighted by Gasteiger charge is -2.08. The molecule has 0 fully saturated rings. The average molecular weight is 455 g/mol. The average Bonchev–Trinajstić information content (AvgIpc) is 3.26. The summed E-state index contributed by atoms with van der Waals surface area (Å²) in [6, 6.07) is 6.05. The van der Waals surface area contributed by atoms with Gasteiger partial charge in [0.15, 0.2) is 5.13 Å². The molecule has 1 aromatic carbocycles. The standard InChI is InChI=1S/C22H19FN4O2S2/c1-12-17-20(25-16-5-3-2-4-10-27(16)21(17)29)31-18(12)19(28)26-22-24-15(11-30-22)13-6-8-14(23)9-7-13/h6-9,11H,2-5,10H2,1H3,(H,24,26,28). The highest BCUT2D eigenvalue weighted by molar-refractivity contribution is 7.21. The lowest BCUT2D eigenvalue weighted by atomic mass is 10.2. The molecule has 0 aliphatic carbocycles. The molecule has 6 nitrogen and oxygen atoms in total. The molecule has 0 radical (unpaired) electrons. The van der Waals surface area contributed by atoms with Crippen LogP contribution in [0, 0.1) is 12.7 Å². The fourth-order valence-corrected chi connectivity index (χ4v) is 5.67. The minimum Gasteiger partial charge on any atom is -0.297 e. The Balaban J connectivity index is 1.45. The van der Waals surface area contributed by atoms with Gasteiger partial charge in [-0.15, -0.1) is 22.7 Å². The Hall–Kier alpha value is -2.91. The Morgan fingerprint density at radius 1 is 1.16 bits per heavy atom. The molecule has 9 heteroatoms. The number of carbonyl (C=O) groups excluding carboxylic acids is 1. The highest BCUT2D eigenvalue weighted by Gasteiger charge is 2.23. The highest BCUT2D eigenvalue weighted by atomic mass is 32.1. The van der Waals surface area contributed by atoms with E-state index in [1.807, 2.05) is 5.38 Å². The maximum Gasteiger partial charge on any atom is 0.267 e. The molecule has 0 saturated heterocycles. The van der Waals surface area contributed by atoms with Crippen LogP contribution in [-0.4, -0.2) is 20.4 Å². The summed E-state index contributed by atoms with van der Waals surface area (Å²) in [5.41, 5.74) is 2.04. The Labute approximate surface area is 185 Å². The number of nitrogens with one attached hydrogen (secondary N) is 1. The van der Waals surface area contributed by atoms with E-state index in [1.165, 1.54) is 34.8 Å². The SMILES string of the molecule is Cc1c(C(=O)Nc2nc(-c3ccc(F)cc3)cs2)sc2nc3n(c(=O)c12)CCCCC3. The summed E-state index contributed by atoms with van der Waals surface area (Å²) in [4.78, 5) is 36.3. The number of carbonyl (C=O) groups is 1. The van der Waals surface area contributed by atoms with E-state index in [4.69, 9.17) is 4.98 Å². The second-order valence-electron chi connectivity index (χ2n) is 7.53. The van der Waals surface area contributed by atoms with Crippen molar-refractivity contribution in [1.29, 1.82) is 0 Å². The zero-order chi connectivity index (χ0) is 21.5. The van der Waals surface area contributed by atoms with Crippen LogP contribution in [0.15, 0.2) is 34.4 Å². The molecule has 4 aromatic rings. The first kappa shape index (κ1) is 20.0. The van der Waals surface area contributed by atoms with E-state index in [0.29, 0.717) is 38.0 Å². The fraction of sp³-hybridized carbons (Fsp3) is 0.273. The Morgan fingerprint density at radius 3 is 2.77 bits per heavy atom. The molecule has 158 valence electrons. The van der Waals surface area contributed by atoms with E-state index in [9.17, 15) is 14.0 Å². The Kier molecular flexibility index (Phi) is 5.15. The number of aromatic nitrogens is 3. The van der Waals surface area contributed by atoms with Crippen molar-refractivity contribution in [2.75, 3.05) is 5.32 Å². The largest absolute Gasteiger partial charge is 0.297 e. The highest BCUT2D eigenvalue weighted by Crippen LogP contribution is 2.30. The summed E-state index contributed by atoms with van der Waals surface area (Å²) < 4.78 is 14.9. The molecule has 0 bridgehead atoms. The van der Waals surface area contributed by atoms with Crippen LogP contribution in [0.3, 0.4) is 0 Å². The van der Waals surface area contributed by atoms with Gasteiger partial charge in [0.05, 0.1) is 16.0 Å². The number of thiazole rings is 1. The lowest BCUT2D eigenvalue weighted by Crippen LogP contribution is -2.24. The van der Waals surface area contributed by atoms with Crippen molar-refractivity contribution >= 4 is 43.9 Å². The van der Waals surface area contributed by atoms with E-state index in [2.05, 4.69) is 10.3 Å². The van der Waals surface area contributed by atoms with E-state index < -0.39 is 0 Å². The zero-order valence-electron chi connectivity index (χ0n) is 16.8. The van der Waals surface area contributed by atoms with E-state index in [1.54, 1.807) is 23.6 Å². The van der Waals surface area contributed by atoms with Gasteiger partial charge in [-0.3, -0.25) is 19.5 Å². The van der Waals surface area contributed by atoms with E-state index >= 15 is 0 Å². The van der Waals surface area contributed by atoms with Crippen molar-refractivity contribution in [2.45, 2.75) is 39.2 Å².